The molecule has 12 rings (SSSR count). The summed E-state index contributed by atoms with van der Waals surface area (Å²) in [5.74, 6) is 1.82. The van der Waals surface area contributed by atoms with E-state index in [1.54, 1.807) is 0 Å². The number of pyridine rings is 1. The van der Waals surface area contributed by atoms with Gasteiger partial charge >= 0.3 is 0 Å². The maximum Gasteiger partial charge on any atom is 0.238 e. The molecule has 6 heteroatoms. The van der Waals surface area contributed by atoms with E-state index in [0.717, 1.165) is 72.2 Å². The lowest BCUT2D eigenvalue weighted by Crippen LogP contribution is -2.06. The first-order chi connectivity index (χ1) is 30.7. The fraction of sp³-hybridized carbons (Fsp3) is 0. The standard InChI is InChI=1S/C56H36N6/c1-4-17-37(18-5-1)40-23-14-24-41(35-40)46-29-16-30-47(57-46)42-25-15-26-43(36-42)61-48-31-12-10-27-44(48)52-50(61)33-34-51-53(52)45-28-11-13-32-49(45)62(51)56-59-54(38-19-6-2-7-20-38)58-55(60-56)39-21-8-3-9-22-39/h1-36H. The van der Waals surface area contributed by atoms with Crippen LogP contribution in [0.4, 0.5) is 0 Å². The molecule has 290 valence electrons. The molecule has 0 fully saturated rings. The summed E-state index contributed by atoms with van der Waals surface area (Å²) in [5, 5.41) is 4.63. The van der Waals surface area contributed by atoms with E-state index in [4.69, 9.17) is 19.9 Å². The predicted octanol–water partition coefficient (Wildman–Crippen LogP) is 13.8. The van der Waals surface area contributed by atoms with Crippen LogP contribution in [0.25, 0.3) is 112 Å². The van der Waals surface area contributed by atoms with Crippen molar-refractivity contribution in [2.75, 3.05) is 0 Å². The van der Waals surface area contributed by atoms with E-state index in [9.17, 15) is 0 Å². The van der Waals surface area contributed by atoms with E-state index in [1.165, 1.54) is 21.9 Å². The molecular formula is C56H36N6. The summed E-state index contributed by atoms with van der Waals surface area (Å²) in [4.78, 5) is 20.6. The average Bonchev–Trinajstić information content (AvgIpc) is 3.88. The Labute approximate surface area is 357 Å². The van der Waals surface area contributed by atoms with Crippen LogP contribution >= 0.6 is 0 Å². The molecule has 6 nitrogen and oxygen atoms in total. The van der Waals surface area contributed by atoms with Gasteiger partial charge in [0.2, 0.25) is 5.95 Å². The van der Waals surface area contributed by atoms with Gasteiger partial charge in [0, 0.05) is 49.5 Å². The third-order valence-corrected chi connectivity index (χ3v) is 11.8. The number of benzene rings is 8. The summed E-state index contributed by atoms with van der Waals surface area (Å²) in [6.07, 6.45) is 0. The van der Waals surface area contributed by atoms with Crippen LogP contribution in [0.3, 0.4) is 0 Å². The molecule has 8 aromatic carbocycles. The van der Waals surface area contributed by atoms with Gasteiger partial charge in [-0.05, 0) is 65.7 Å². The average molecular weight is 793 g/mol. The van der Waals surface area contributed by atoms with Crippen molar-refractivity contribution >= 4 is 43.6 Å². The van der Waals surface area contributed by atoms with Crippen LogP contribution < -0.4 is 0 Å². The molecule has 0 saturated carbocycles. The molecule has 0 amide bonds. The molecule has 0 spiro atoms. The molecule has 0 N–H and O–H groups in total. The van der Waals surface area contributed by atoms with Crippen molar-refractivity contribution in [2.24, 2.45) is 0 Å². The van der Waals surface area contributed by atoms with Gasteiger partial charge in [0.15, 0.2) is 11.6 Å². The van der Waals surface area contributed by atoms with Crippen LogP contribution in [-0.2, 0) is 0 Å². The first-order valence-electron chi connectivity index (χ1n) is 20.8. The molecule has 4 heterocycles. The van der Waals surface area contributed by atoms with E-state index in [1.807, 2.05) is 66.7 Å². The van der Waals surface area contributed by atoms with Crippen molar-refractivity contribution in [1.82, 2.24) is 29.1 Å². The van der Waals surface area contributed by atoms with Gasteiger partial charge in [-0.15, -0.1) is 0 Å². The minimum absolute atomic E-state index is 0.571. The van der Waals surface area contributed by atoms with E-state index >= 15 is 0 Å². The highest BCUT2D eigenvalue weighted by atomic mass is 15.2. The van der Waals surface area contributed by atoms with Crippen molar-refractivity contribution in [3.05, 3.63) is 218 Å². The fourth-order valence-corrected chi connectivity index (χ4v) is 8.96. The highest BCUT2D eigenvalue weighted by Gasteiger charge is 2.23. The third-order valence-electron chi connectivity index (χ3n) is 11.8. The quantitative estimate of drug-likeness (QED) is 0.161. The molecule has 0 aliphatic rings. The number of nitrogens with zero attached hydrogens (tertiary/aromatic N) is 6. The van der Waals surface area contributed by atoms with E-state index in [0.29, 0.717) is 17.6 Å². The number of aromatic nitrogens is 6. The fourth-order valence-electron chi connectivity index (χ4n) is 8.96. The van der Waals surface area contributed by atoms with E-state index < -0.39 is 0 Å². The van der Waals surface area contributed by atoms with Gasteiger partial charge in [-0.1, -0.05) is 164 Å². The molecule has 0 atom stereocenters. The van der Waals surface area contributed by atoms with Crippen molar-refractivity contribution in [3.8, 4) is 68.1 Å². The van der Waals surface area contributed by atoms with Crippen LogP contribution in [0.5, 0.6) is 0 Å². The smallest absolute Gasteiger partial charge is 0.238 e. The van der Waals surface area contributed by atoms with Crippen LogP contribution in [-0.4, -0.2) is 29.1 Å². The van der Waals surface area contributed by atoms with Crippen molar-refractivity contribution in [2.45, 2.75) is 0 Å². The molecule has 0 unspecified atom stereocenters. The summed E-state index contributed by atoms with van der Waals surface area (Å²) in [5.41, 5.74) is 13.6. The molecule has 0 bridgehead atoms. The first-order valence-corrected chi connectivity index (χ1v) is 20.8. The zero-order chi connectivity index (χ0) is 41.0. The SMILES string of the molecule is c1ccc(-c2cccc(-c3cccc(-c4cccc(-n5c6ccccc6c6c7c8ccccc8n(-c8nc(-c9ccccc9)nc(-c9ccccc9)n8)c7ccc65)c4)n3)c2)cc1. The van der Waals surface area contributed by atoms with Gasteiger partial charge in [0.1, 0.15) is 0 Å². The Kier molecular flexibility index (Phi) is 8.38. The van der Waals surface area contributed by atoms with E-state index in [2.05, 4.69) is 161 Å². The van der Waals surface area contributed by atoms with Gasteiger partial charge in [0.25, 0.3) is 0 Å². The van der Waals surface area contributed by atoms with Gasteiger partial charge in [-0.2, -0.15) is 9.97 Å². The Balaban J connectivity index is 1.03. The molecule has 0 saturated heterocycles. The number of para-hydroxylation sites is 2. The van der Waals surface area contributed by atoms with Gasteiger partial charge in [-0.3, -0.25) is 4.57 Å². The van der Waals surface area contributed by atoms with Crippen molar-refractivity contribution < 1.29 is 0 Å². The van der Waals surface area contributed by atoms with Crippen LogP contribution in [0.15, 0.2) is 218 Å². The predicted molar refractivity (Wildman–Crippen MR) is 253 cm³/mol. The molecule has 12 aromatic rings. The summed E-state index contributed by atoms with van der Waals surface area (Å²) in [6, 6.07) is 76.2. The maximum atomic E-state index is 5.22. The Morgan fingerprint density at radius 3 is 1.34 bits per heavy atom. The minimum Gasteiger partial charge on any atom is -0.309 e. The highest BCUT2D eigenvalue weighted by Crippen LogP contribution is 2.42. The van der Waals surface area contributed by atoms with Crippen LogP contribution in [0.1, 0.15) is 0 Å². The van der Waals surface area contributed by atoms with Crippen molar-refractivity contribution in [1.29, 1.82) is 0 Å². The Morgan fingerprint density at radius 2 is 0.726 bits per heavy atom. The Hall–Kier alpha value is -8.48. The zero-order valence-electron chi connectivity index (χ0n) is 33.5. The summed E-state index contributed by atoms with van der Waals surface area (Å²) in [6.45, 7) is 0. The Morgan fingerprint density at radius 1 is 0.274 bits per heavy atom. The third kappa shape index (κ3) is 5.96. The summed E-state index contributed by atoms with van der Waals surface area (Å²) < 4.78 is 4.59. The second-order valence-electron chi connectivity index (χ2n) is 15.5. The normalized spacial score (nSPS) is 11.5. The number of hydrogen-bond acceptors (Lipinski definition) is 4. The van der Waals surface area contributed by atoms with Gasteiger partial charge in [-0.25, -0.2) is 9.97 Å². The number of hydrogen-bond donors (Lipinski definition) is 0. The van der Waals surface area contributed by atoms with Crippen molar-refractivity contribution in [3.63, 3.8) is 0 Å². The monoisotopic (exact) mass is 792 g/mol. The summed E-state index contributed by atoms with van der Waals surface area (Å²) in [7, 11) is 0. The van der Waals surface area contributed by atoms with Crippen LogP contribution in [0.2, 0.25) is 0 Å². The zero-order valence-corrected chi connectivity index (χ0v) is 33.5. The largest absolute Gasteiger partial charge is 0.309 e. The Bertz CT molecular complexity index is 3570. The molecule has 62 heavy (non-hydrogen) atoms. The second-order valence-corrected chi connectivity index (χ2v) is 15.5. The molecule has 0 radical (unpaired) electrons. The lowest BCUT2D eigenvalue weighted by Gasteiger charge is -2.12. The number of fused-ring (bicyclic) bond motifs is 7. The lowest BCUT2D eigenvalue weighted by atomic mass is 10.0. The second kappa shape index (κ2) is 14.7. The van der Waals surface area contributed by atoms with E-state index in [-0.39, 0.29) is 0 Å². The van der Waals surface area contributed by atoms with Gasteiger partial charge < -0.3 is 4.57 Å². The molecule has 0 aliphatic carbocycles. The molecule has 4 aromatic heterocycles. The highest BCUT2D eigenvalue weighted by molar-refractivity contribution is 6.28. The topological polar surface area (TPSA) is 61.4 Å². The van der Waals surface area contributed by atoms with Gasteiger partial charge in [0.05, 0.1) is 33.5 Å². The lowest BCUT2D eigenvalue weighted by molar-refractivity contribution is 0.953. The maximum absolute atomic E-state index is 5.22. The van der Waals surface area contributed by atoms with Crippen LogP contribution in [0, 0.1) is 0 Å². The first kappa shape index (κ1) is 35.5. The minimum atomic E-state index is 0.571. The molecular weight excluding hydrogens is 757 g/mol. The summed E-state index contributed by atoms with van der Waals surface area (Å²) >= 11 is 0. The number of rotatable bonds is 7. The molecule has 0 aliphatic heterocycles.